The Morgan fingerprint density at radius 3 is 1.84 bits per heavy atom. The maximum atomic E-state index is 13.5. The van der Waals surface area contributed by atoms with Crippen molar-refractivity contribution in [2.45, 2.75) is 26.9 Å². The first-order chi connectivity index (χ1) is 17.7. The molecule has 1 aromatic heterocycles. The Morgan fingerprint density at radius 1 is 0.757 bits per heavy atom. The fourth-order valence-corrected chi connectivity index (χ4v) is 3.57. The van der Waals surface area contributed by atoms with Crippen molar-refractivity contribution in [3.63, 3.8) is 0 Å². The van der Waals surface area contributed by atoms with Gasteiger partial charge in [0.05, 0.1) is 17.8 Å². The van der Waals surface area contributed by atoms with Crippen molar-refractivity contribution >= 4 is 40.1 Å². The molecule has 0 radical (unpaired) electrons. The standard InChI is InChI=1S/C28H23F3N6/c1-17-9-13-20(14-10-17)33-26-24(32-4)19(3)25(27(35-26)34-21-15-11-18(2)12-16-21)37-36-23-8-6-5-7-22(23)28(29,30)31/h5-16H,1-3H3,(H2,33,34,35). The third kappa shape index (κ3) is 5.93. The molecular weight excluding hydrogens is 477 g/mol. The van der Waals surface area contributed by atoms with Crippen molar-refractivity contribution in [1.82, 2.24) is 4.98 Å². The van der Waals surface area contributed by atoms with Crippen LogP contribution < -0.4 is 10.6 Å². The van der Waals surface area contributed by atoms with Crippen LogP contribution in [-0.2, 0) is 6.18 Å². The number of pyridine rings is 1. The van der Waals surface area contributed by atoms with Crippen LogP contribution in [0.3, 0.4) is 0 Å². The van der Waals surface area contributed by atoms with E-state index < -0.39 is 11.7 Å². The Kier molecular flexibility index (Phi) is 7.20. The molecule has 186 valence electrons. The van der Waals surface area contributed by atoms with Crippen molar-refractivity contribution in [2.24, 2.45) is 10.2 Å². The van der Waals surface area contributed by atoms with E-state index in [0.29, 0.717) is 17.1 Å². The summed E-state index contributed by atoms with van der Waals surface area (Å²) in [4.78, 5) is 8.24. The molecule has 0 bridgehead atoms. The molecule has 0 spiro atoms. The van der Waals surface area contributed by atoms with Crippen molar-refractivity contribution < 1.29 is 13.2 Å². The van der Waals surface area contributed by atoms with Gasteiger partial charge in [-0.15, -0.1) is 10.2 Å². The van der Waals surface area contributed by atoms with Crippen molar-refractivity contribution in [3.8, 4) is 0 Å². The molecule has 2 N–H and O–H groups in total. The molecule has 1 heterocycles. The van der Waals surface area contributed by atoms with Gasteiger partial charge < -0.3 is 10.6 Å². The van der Waals surface area contributed by atoms with Crippen molar-refractivity contribution in [2.75, 3.05) is 10.6 Å². The third-order valence-electron chi connectivity index (χ3n) is 5.59. The van der Waals surface area contributed by atoms with E-state index in [0.717, 1.165) is 22.9 Å². The van der Waals surface area contributed by atoms with E-state index in [1.165, 1.54) is 18.2 Å². The molecular formula is C28H23F3N6. The highest BCUT2D eigenvalue weighted by Gasteiger charge is 2.33. The van der Waals surface area contributed by atoms with Gasteiger partial charge in [-0.1, -0.05) is 47.5 Å². The van der Waals surface area contributed by atoms with E-state index >= 15 is 0 Å². The first-order valence-corrected chi connectivity index (χ1v) is 11.3. The van der Waals surface area contributed by atoms with Crippen LogP contribution in [0.1, 0.15) is 22.3 Å². The largest absolute Gasteiger partial charge is 0.418 e. The molecule has 0 fully saturated rings. The van der Waals surface area contributed by atoms with Crippen LogP contribution in [0.25, 0.3) is 4.85 Å². The SMILES string of the molecule is [C-]#[N+]c1c(Nc2ccc(C)cc2)nc(Nc2ccc(C)cc2)c(N=Nc2ccccc2C(F)(F)F)c1C. The minimum absolute atomic E-state index is 0.165. The predicted molar refractivity (Wildman–Crippen MR) is 140 cm³/mol. The number of benzene rings is 3. The first-order valence-electron chi connectivity index (χ1n) is 11.3. The number of azo groups is 1. The number of anilines is 4. The van der Waals surface area contributed by atoms with Gasteiger partial charge in [0.1, 0.15) is 11.5 Å². The minimum Gasteiger partial charge on any atom is -0.349 e. The summed E-state index contributed by atoms with van der Waals surface area (Å²) in [7, 11) is 0. The van der Waals surface area contributed by atoms with Crippen LogP contribution in [0.5, 0.6) is 0 Å². The fourth-order valence-electron chi connectivity index (χ4n) is 3.57. The third-order valence-corrected chi connectivity index (χ3v) is 5.59. The number of nitrogens with zero attached hydrogens (tertiary/aromatic N) is 4. The summed E-state index contributed by atoms with van der Waals surface area (Å²) in [5, 5.41) is 14.4. The van der Waals surface area contributed by atoms with Crippen LogP contribution in [0.2, 0.25) is 0 Å². The smallest absolute Gasteiger partial charge is 0.349 e. The summed E-state index contributed by atoms with van der Waals surface area (Å²) in [5.74, 6) is 0.539. The quantitative estimate of drug-likeness (QED) is 0.205. The van der Waals surface area contributed by atoms with Crippen molar-refractivity contribution in [3.05, 3.63) is 106 Å². The predicted octanol–water partition coefficient (Wildman–Crippen LogP) is 9.48. The summed E-state index contributed by atoms with van der Waals surface area (Å²) in [6.07, 6.45) is -4.59. The van der Waals surface area contributed by atoms with Gasteiger partial charge in [-0.25, -0.2) is 9.83 Å². The van der Waals surface area contributed by atoms with Gasteiger partial charge in [0.15, 0.2) is 5.82 Å². The van der Waals surface area contributed by atoms with Gasteiger partial charge in [0.25, 0.3) is 0 Å². The monoisotopic (exact) mass is 500 g/mol. The molecule has 4 aromatic rings. The zero-order valence-corrected chi connectivity index (χ0v) is 20.4. The summed E-state index contributed by atoms with van der Waals surface area (Å²) < 4.78 is 40.4. The van der Waals surface area contributed by atoms with Gasteiger partial charge in [0.2, 0.25) is 5.69 Å². The van der Waals surface area contributed by atoms with Gasteiger partial charge >= 0.3 is 6.18 Å². The van der Waals surface area contributed by atoms with Crippen LogP contribution in [-0.4, -0.2) is 4.98 Å². The summed E-state index contributed by atoms with van der Waals surface area (Å²) in [6, 6.07) is 20.1. The minimum atomic E-state index is -4.59. The van der Waals surface area contributed by atoms with Crippen LogP contribution in [0, 0.1) is 27.3 Å². The Bertz CT molecular complexity index is 1490. The zero-order chi connectivity index (χ0) is 26.6. The lowest BCUT2D eigenvalue weighted by molar-refractivity contribution is -0.137. The topological polar surface area (TPSA) is 66.0 Å². The lowest BCUT2D eigenvalue weighted by Gasteiger charge is -2.16. The highest BCUT2D eigenvalue weighted by atomic mass is 19.4. The number of aryl methyl sites for hydroxylation is 2. The highest BCUT2D eigenvalue weighted by molar-refractivity contribution is 5.85. The van der Waals surface area contributed by atoms with Gasteiger partial charge in [-0.05, 0) is 62.7 Å². The molecule has 0 amide bonds. The Balaban J connectivity index is 1.84. The Hall–Kier alpha value is -4.71. The van der Waals surface area contributed by atoms with E-state index in [1.54, 1.807) is 6.92 Å². The number of rotatable bonds is 6. The fraction of sp³-hybridized carbons (Fsp3) is 0.143. The van der Waals surface area contributed by atoms with E-state index in [2.05, 4.69) is 30.7 Å². The Morgan fingerprint density at radius 2 is 1.30 bits per heavy atom. The molecule has 0 saturated carbocycles. The van der Waals surface area contributed by atoms with E-state index in [9.17, 15) is 13.2 Å². The van der Waals surface area contributed by atoms with E-state index in [1.807, 2.05) is 62.4 Å². The second kappa shape index (κ2) is 10.5. The number of aromatic nitrogens is 1. The number of hydrogen-bond donors (Lipinski definition) is 2. The molecule has 37 heavy (non-hydrogen) atoms. The second-order valence-corrected chi connectivity index (χ2v) is 8.44. The Labute approximate surface area is 212 Å². The van der Waals surface area contributed by atoms with Crippen LogP contribution in [0.4, 0.5) is 53.2 Å². The number of halogens is 3. The molecule has 6 nitrogen and oxygen atoms in total. The zero-order valence-electron chi connectivity index (χ0n) is 20.4. The normalized spacial score (nSPS) is 11.4. The van der Waals surface area contributed by atoms with Crippen LogP contribution >= 0.6 is 0 Å². The second-order valence-electron chi connectivity index (χ2n) is 8.44. The number of alkyl halides is 3. The molecule has 4 rings (SSSR count). The molecule has 0 aliphatic heterocycles. The summed E-state index contributed by atoms with van der Waals surface area (Å²) >= 11 is 0. The van der Waals surface area contributed by atoms with E-state index in [4.69, 9.17) is 6.57 Å². The van der Waals surface area contributed by atoms with Gasteiger partial charge in [-0.2, -0.15) is 13.2 Å². The lowest BCUT2D eigenvalue weighted by atomic mass is 10.1. The maximum Gasteiger partial charge on any atom is 0.418 e. The first kappa shape index (κ1) is 25.4. The molecule has 0 unspecified atom stereocenters. The number of hydrogen-bond acceptors (Lipinski definition) is 5. The summed E-state index contributed by atoms with van der Waals surface area (Å²) in [5.41, 5.74) is 3.11. The van der Waals surface area contributed by atoms with Gasteiger partial charge in [0, 0.05) is 11.4 Å². The average Bonchev–Trinajstić information content (AvgIpc) is 2.86. The summed E-state index contributed by atoms with van der Waals surface area (Å²) in [6.45, 7) is 13.3. The lowest BCUT2D eigenvalue weighted by Crippen LogP contribution is -2.04. The highest BCUT2D eigenvalue weighted by Crippen LogP contribution is 2.43. The molecule has 9 heteroatoms. The average molecular weight is 501 g/mol. The molecule has 0 aliphatic carbocycles. The van der Waals surface area contributed by atoms with Crippen LogP contribution in [0.15, 0.2) is 83.0 Å². The maximum absolute atomic E-state index is 13.5. The molecule has 3 aromatic carbocycles. The number of nitrogens with one attached hydrogen (secondary N) is 2. The molecule has 0 saturated heterocycles. The molecule has 0 atom stereocenters. The van der Waals surface area contributed by atoms with Gasteiger partial charge in [-0.3, -0.25) is 0 Å². The van der Waals surface area contributed by atoms with E-state index in [-0.39, 0.29) is 22.9 Å². The van der Waals surface area contributed by atoms with Crippen molar-refractivity contribution in [1.29, 1.82) is 0 Å². The molecule has 0 aliphatic rings.